The van der Waals surface area contributed by atoms with Crippen LogP contribution >= 0.6 is 11.8 Å². The van der Waals surface area contributed by atoms with Crippen LogP contribution in [-0.2, 0) is 14.3 Å². The third-order valence-electron chi connectivity index (χ3n) is 4.57. The van der Waals surface area contributed by atoms with E-state index >= 15 is 0 Å². The zero-order chi connectivity index (χ0) is 18.3. The van der Waals surface area contributed by atoms with E-state index < -0.39 is 10.8 Å². The van der Waals surface area contributed by atoms with Crippen molar-refractivity contribution in [3.8, 4) is 0 Å². The van der Waals surface area contributed by atoms with Gasteiger partial charge in [-0.2, -0.15) is 0 Å². The number of anilines is 2. The molecule has 132 valence electrons. The molecule has 6 nitrogen and oxygen atoms in total. The lowest BCUT2D eigenvalue weighted by molar-refractivity contribution is -0.121. The Kier molecular flexibility index (Phi) is 3.96. The zero-order valence-electron chi connectivity index (χ0n) is 14.0. The normalized spacial score (nSPS) is 20.5. The molecule has 2 heterocycles. The summed E-state index contributed by atoms with van der Waals surface area (Å²) in [6, 6.07) is 14.1. The number of methoxy groups -OCH3 is 1. The molecule has 1 atom stereocenters. The number of carbonyl (C=O) groups excluding carboxylic acids is 3. The minimum Gasteiger partial charge on any atom is -0.465 e. The average Bonchev–Trinajstić information content (AvgIpc) is 3.17. The lowest BCUT2D eigenvalue weighted by Gasteiger charge is -2.29. The van der Waals surface area contributed by atoms with Crippen LogP contribution in [-0.4, -0.2) is 29.8 Å². The first kappa shape index (κ1) is 16.7. The van der Waals surface area contributed by atoms with Gasteiger partial charge in [0, 0.05) is 17.0 Å². The second-order valence-electron chi connectivity index (χ2n) is 6.11. The van der Waals surface area contributed by atoms with E-state index in [4.69, 9.17) is 4.74 Å². The maximum Gasteiger partial charge on any atom is 0.337 e. The Labute approximate surface area is 154 Å². The monoisotopic (exact) mass is 368 g/mol. The molecule has 4 rings (SSSR count). The summed E-state index contributed by atoms with van der Waals surface area (Å²) < 4.78 is 4.71. The maximum atomic E-state index is 13.1. The number of ether oxygens (including phenoxy) is 1. The van der Waals surface area contributed by atoms with Crippen molar-refractivity contribution in [3.05, 3.63) is 54.1 Å². The van der Waals surface area contributed by atoms with E-state index in [-0.39, 0.29) is 11.8 Å². The van der Waals surface area contributed by atoms with Crippen LogP contribution in [0.3, 0.4) is 0 Å². The molecule has 2 aliphatic rings. The van der Waals surface area contributed by atoms with Gasteiger partial charge >= 0.3 is 5.97 Å². The topological polar surface area (TPSA) is 75.7 Å². The molecular weight excluding hydrogens is 352 g/mol. The van der Waals surface area contributed by atoms with Gasteiger partial charge in [-0.25, -0.2) is 4.79 Å². The van der Waals surface area contributed by atoms with E-state index in [1.807, 2.05) is 24.3 Å². The van der Waals surface area contributed by atoms with E-state index in [9.17, 15) is 14.4 Å². The SMILES string of the molecule is COC(=O)c1cccc(NC(=O)[C@@]23CCC(=O)N2c2ccccc2S3)c1. The van der Waals surface area contributed by atoms with Crippen LogP contribution < -0.4 is 10.2 Å². The van der Waals surface area contributed by atoms with Gasteiger partial charge in [-0.15, -0.1) is 0 Å². The summed E-state index contributed by atoms with van der Waals surface area (Å²) >= 11 is 1.40. The van der Waals surface area contributed by atoms with Gasteiger partial charge in [0.2, 0.25) is 5.91 Å². The van der Waals surface area contributed by atoms with Crippen LogP contribution in [0.5, 0.6) is 0 Å². The smallest absolute Gasteiger partial charge is 0.337 e. The second-order valence-corrected chi connectivity index (χ2v) is 7.43. The van der Waals surface area contributed by atoms with Gasteiger partial charge in [0.25, 0.3) is 5.91 Å². The van der Waals surface area contributed by atoms with Gasteiger partial charge in [0.05, 0.1) is 18.4 Å². The highest BCUT2D eigenvalue weighted by Crippen LogP contribution is 2.55. The fraction of sp³-hybridized carbons (Fsp3) is 0.211. The maximum absolute atomic E-state index is 13.1. The largest absolute Gasteiger partial charge is 0.465 e. The average molecular weight is 368 g/mol. The van der Waals surface area contributed by atoms with Crippen LogP contribution in [0.4, 0.5) is 11.4 Å². The minimum atomic E-state index is -0.984. The van der Waals surface area contributed by atoms with E-state index in [1.54, 1.807) is 29.2 Å². The van der Waals surface area contributed by atoms with Gasteiger partial charge in [0.15, 0.2) is 4.87 Å². The first-order valence-corrected chi connectivity index (χ1v) is 8.98. The van der Waals surface area contributed by atoms with Crippen LogP contribution in [0.1, 0.15) is 23.2 Å². The van der Waals surface area contributed by atoms with Crippen molar-refractivity contribution in [2.75, 3.05) is 17.3 Å². The Hall–Kier alpha value is -2.80. The molecule has 0 aliphatic carbocycles. The first-order chi connectivity index (χ1) is 12.5. The molecule has 26 heavy (non-hydrogen) atoms. The number of para-hydroxylation sites is 1. The summed E-state index contributed by atoms with van der Waals surface area (Å²) in [5.74, 6) is -0.799. The highest BCUT2D eigenvalue weighted by Gasteiger charge is 2.57. The molecule has 7 heteroatoms. The van der Waals surface area contributed by atoms with Crippen molar-refractivity contribution >= 4 is 40.9 Å². The Bertz CT molecular complexity index is 929. The first-order valence-electron chi connectivity index (χ1n) is 8.16. The van der Waals surface area contributed by atoms with E-state index in [0.29, 0.717) is 24.1 Å². The molecular formula is C19H16N2O4S. The van der Waals surface area contributed by atoms with Crippen molar-refractivity contribution in [1.29, 1.82) is 0 Å². The van der Waals surface area contributed by atoms with Gasteiger partial charge in [0.1, 0.15) is 0 Å². The number of carbonyl (C=O) groups is 3. The van der Waals surface area contributed by atoms with Gasteiger partial charge < -0.3 is 10.1 Å². The summed E-state index contributed by atoms with van der Waals surface area (Å²) in [5, 5.41) is 2.86. The van der Waals surface area contributed by atoms with E-state index in [2.05, 4.69) is 5.32 Å². The van der Waals surface area contributed by atoms with Crippen LogP contribution in [0.2, 0.25) is 0 Å². The number of fused-ring (bicyclic) bond motifs is 3. The molecule has 0 aromatic heterocycles. The summed E-state index contributed by atoms with van der Waals surface area (Å²) in [5.41, 5.74) is 1.62. The molecule has 1 N–H and O–H groups in total. The molecule has 2 aliphatic heterocycles. The predicted octanol–water partition coefficient (Wildman–Crippen LogP) is 3.04. The Morgan fingerprint density at radius 1 is 1.19 bits per heavy atom. The van der Waals surface area contributed by atoms with Crippen molar-refractivity contribution in [2.45, 2.75) is 22.6 Å². The molecule has 1 fully saturated rings. The van der Waals surface area contributed by atoms with E-state index in [1.165, 1.54) is 18.9 Å². The predicted molar refractivity (Wildman–Crippen MR) is 98.2 cm³/mol. The van der Waals surface area contributed by atoms with Crippen molar-refractivity contribution in [3.63, 3.8) is 0 Å². The number of nitrogens with one attached hydrogen (secondary N) is 1. The summed E-state index contributed by atoms with van der Waals surface area (Å²) in [6.07, 6.45) is 0.769. The lowest BCUT2D eigenvalue weighted by atomic mass is 10.1. The molecule has 2 aromatic rings. The Morgan fingerprint density at radius 2 is 2.00 bits per heavy atom. The number of esters is 1. The molecule has 2 aromatic carbocycles. The highest BCUT2D eigenvalue weighted by atomic mass is 32.2. The fourth-order valence-corrected chi connectivity index (χ4v) is 4.78. The Balaban J connectivity index is 1.65. The quantitative estimate of drug-likeness (QED) is 0.843. The van der Waals surface area contributed by atoms with Crippen LogP contribution in [0.15, 0.2) is 53.4 Å². The number of benzene rings is 2. The summed E-state index contributed by atoms with van der Waals surface area (Å²) in [6.45, 7) is 0. The van der Waals surface area contributed by atoms with Crippen LogP contribution in [0.25, 0.3) is 0 Å². The number of amides is 2. The second kappa shape index (κ2) is 6.17. The molecule has 0 radical (unpaired) electrons. The van der Waals surface area contributed by atoms with Crippen LogP contribution in [0, 0.1) is 0 Å². The standard InChI is InChI=1S/C19H16N2O4S/c1-25-17(23)12-5-4-6-13(11-12)20-18(24)19-10-9-16(22)21(19)14-7-2-3-8-15(14)26-19/h2-8,11H,9-10H2,1H3,(H,20,24)/t19-/m0/s1. The summed E-state index contributed by atoms with van der Waals surface area (Å²) in [4.78, 5) is 38.8. The summed E-state index contributed by atoms with van der Waals surface area (Å²) in [7, 11) is 1.31. The number of hydrogen-bond donors (Lipinski definition) is 1. The molecule has 0 spiro atoms. The van der Waals surface area contributed by atoms with Gasteiger partial charge in [-0.3, -0.25) is 14.5 Å². The minimum absolute atomic E-state index is 0.0547. The number of nitrogens with zero attached hydrogens (tertiary/aromatic N) is 1. The molecule has 0 saturated carbocycles. The van der Waals surface area contributed by atoms with E-state index in [0.717, 1.165) is 10.6 Å². The molecule has 0 unspecified atom stereocenters. The highest BCUT2D eigenvalue weighted by molar-refractivity contribution is 8.02. The third kappa shape index (κ3) is 2.47. The fourth-order valence-electron chi connectivity index (χ4n) is 3.37. The van der Waals surface area contributed by atoms with Gasteiger partial charge in [-0.05, 0) is 36.8 Å². The molecule has 1 saturated heterocycles. The number of thioether (sulfide) groups is 1. The third-order valence-corrected chi connectivity index (χ3v) is 6.04. The number of hydrogen-bond acceptors (Lipinski definition) is 5. The van der Waals surface area contributed by atoms with Crippen molar-refractivity contribution < 1.29 is 19.1 Å². The molecule has 0 bridgehead atoms. The zero-order valence-corrected chi connectivity index (χ0v) is 14.8. The van der Waals surface area contributed by atoms with Gasteiger partial charge in [-0.1, -0.05) is 30.0 Å². The number of rotatable bonds is 3. The molecule has 2 amide bonds. The van der Waals surface area contributed by atoms with Crippen molar-refractivity contribution in [1.82, 2.24) is 0 Å². The van der Waals surface area contributed by atoms with Crippen molar-refractivity contribution in [2.24, 2.45) is 0 Å². The Morgan fingerprint density at radius 3 is 2.81 bits per heavy atom. The lowest BCUT2D eigenvalue weighted by Crippen LogP contribution is -2.49.